The molecule has 0 saturated carbocycles. The Bertz CT molecular complexity index is 441. The number of carbonyl (C=O) groups excluding carboxylic acids is 2. The normalized spacial score (nSPS) is 18.4. The Morgan fingerprint density at radius 2 is 1.83 bits per heavy atom. The predicted octanol–water partition coefficient (Wildman–Crippen LogP) is 1.25. The van der Waals surface area contributed by atoms with Crippen LogP contribution in [0, 0.1) is 0 Å². The summed E-state index contributed by atoms with van der Waals surface area (Å²) in [4.78, 5) is 22.7. The molecular weight excluding hydrogens is 250 g/mol. The minimum atomic E-state index is -0.120. The first-order valence-electron chi connectivity index (χ1n) is 5.65. The van der Waals surface area contributed by atoms with Crippen molar-refractivity contribution in [3.8, 4) is 0 Å². The van der Waals surface area contributed by atoms with Gasteiger partial charge in [0.2, 0.25) is 11.8 Å². The standard InChI is InChI=1S/C12H15N3O2S/c1-8(16)14-9-2-4-10(5-3-9)15-12(17)11-6-18-7-13-11/h2-5,11,13H,6-7H2,1H3,(H,14,16)(H,15,17). The molecule has 1 saturated heterocycles. The average molecular weight is 265 g/mol. The molecule has 18 heavy (non-hydrogen) atoms. The highest BCUT2D eigenvalue weighted by Gasteiger charge is 2.22. The summed E-state index contributed by atoms with van der Waals surface area (Å²) in [6.07, 6.45) is 0. The van der Waals surface area contributed by atoms with E-state index in [-0.39, 0.29) is 17.9 Å². The molecule has 0 spiro atoms. The van der Waals surface area contributed by atoms with Crippen LogP contribution in [0.5, 0.6) is 0 Å². The lowest BCUT2D eigenvalue weighted by Gasteiger charge is -2.11. The monoisotopic (exact) mass is 265 g/mol. The van der Waals surface area contributed by atoms with Crippen LogP contribution in [0.4, 0.5) is 11.4 Å². The van der Waals surface area contributed by atoms with Crippen LogP contribution in [0.3, 0.4) is 0 Å². The zero-order valence-corrected chi connectivity index (χ0v) is 10.8. The molecule has 2 amide bonds. The van der Waals surface area contributed by atoms with Crippen molar-refractivity contribution in [2.24, 2.45) is 0 Å². The van der Waals surface area contributed by atoms with E-state index in [2.05, 4.69) is 16.0 Å². The van der Waals surface area contributed by atoms with Gasteiger partial charge in [-0.2, -0.15) is 0 Å². The second kappa shape index (κ2) is 5.88. The molecule has 6 heteroatoms. The zero-order valence-electron chi connectivity index (χ0n) is 10.0. The van der Waals surface area contributed by atoms with E-state index in [0.29, 0.717) is 0 Å². The van der Waals surface area contributed by atoms with Crippen LogP contribution in [0.1, 0.15) is 6.92 Å². The van der Waals surface area contributed by atoms with E-state index in [1.807, 2.05) is 0 Å². The second-order valence-electron chi connectivity index (χ2n) is 4.02. The molecule has 3 N–H and O–H groups in total. The number of benzene rings is 1. The summed E-state index contributed by atoms with van der Waals surface area (Å²) in [5.41, 5.74) is 1.45. The number of rotatable bonds is 3. The molecule has 1 fully saturated rings. The first kappa shape index (κ1) is 12.9. The second-order valence-corrected chi connectivity index (χ2v) is 5.05. The van der Waals surface area contributed by atoms with E-state index in [0.717, 1.165) is 23.0 Å². The van der Waals surface area contributed by atoms with Crippen LogP contribution in [-0.2, 0) is 9.59 Å². The summed E-state index contributed by atoms with van der Waals surface area (Å²) < 4.78 is 0. The van der Waals surface area contributed by atoms with Crippen molar-refractivity contribution in [1.82, 2.24) is 5.32 Å². The van der Waals surface area contributed by atoms with Crippen LogP contribution in [0.15, 0.2) is 24.3 Å². The number of thioether (sulfide) groups is 1. The molecule has 1 aliphatic heterocycles. The summed E-state index contributed by atoms with van der Waals surface area (Å²) in [5, 5.41) is 8.62. The van der Waals surface area contributed by atoms with Crippen molar-refractivity contribution in [1.29, 1.82) is 0 Å². The first-order chi connectivity index (χ1) is 8.65. The van der Waals surface area contributed by atoms with Crippen LogP contribution in [0.25, 0.3) is 0 Å². The molecule has 5 nitrogen and oxygen atoms in total. The molecule has 1 aromatic carbocycles. The van der Waals surface area contributed by atoms with Gasteiger partial charge >= 0.3 is 0 Å². The van der Waals surface area contributed by atoms with Gasteiger partial charge < -0.3 is 10.6 Å². The van der Waals surface area contributed by atoms with Crippen LogP contribution >= 0.6 is 11.8 Å². The van der Waals surface area contributed by atoms with Crippen molar-refractivity contribution in [2.45, 2.75) is 13.0 Å². The van der Waals surface area contributed by atoms with Crippen molar-refractivity contribution in [2.75, 3.05) is 22.3 Å². The fourth-order valence-electron chi connectivity index (χ4n) is 1.63. The summed E-state index contributed by atoms with van der Waals surface area (Å²) >= 11 is 1.71. The molecule has 2 rings (SSSR count). The van der Waals surface area contributed by atoms with Crippen molar-refractivity contribution in [3.63, 3.8) is 0 Å². The summed E-state index contributed by atoms with van der Waals surface area (Å²) in [6, 6.07) is 6.93. The number of hydrogen-bond donors (Lipinski definition) is 3. The Hall–Kier alpha value is -1.53. The Morgan fingerprint density at radius 1 is 1.22 bits per heavy atom. The van der Waals surface area contributed by atoms with Crippen molar-refractivity contribution in [3.05, 3.63) is 24.3 Å². The predicted molar refractivity (Wildman–Crippen MR) is 73.6 cm³/mol. The molecule has 0 aliphatic carbocycles. The quantitative estimate of drug-likeness (QED) is 0.769. The van der Waals surface area contributed by atoms with Gasteiger partial charge in [0, 0.05) is 29.9 Å². The number of amides is 2. The van der Waals surface area contributed by atoms with Gasteiger partial charge in [0.1, 0.15) is 0 Å². The van der Waals surface area contributed by atoms with Crippen molar-refractivity contribution >= 4 is 35.0 Å². The van der Waals surface area contributed by atoms with Gasteiger partial charge in [0.25, 0.3) is 0 Å². The maximum absolute atomic E-state index is 11.8. The van der Waals surface area contributed by atoms with E-state index in [1.165, 1.54) is 6.92 Å². The van der Waals surface area contributed by atoms with Crippen LogP contribution < -0.4 is 16.0 Å². The minimum Gasteiger partial charge on any atom is -0.326 e. The largest absolute Gasteiger partial charge is 0.326 e. The van der Waals surface area contributed by atoms with E-state index in [9.17, 15) is 9.59 Å². The molecule has 1 aromatic rings. The molecular formula is C12H15N3O2S. The molecule has 96 valence electrons. The molecule has 1 aliphatic rings. The third kappa shape index (κ3) is 3.48. The maximum Gasteiger partial charge on any atom is 0.242 e. The number of carbonyl (C=O) groups is 2. The fraction of sp³-hybridized carbons (Fsp3) is 0.333. The van der Waals surface area contributed by atoms with Crippen molar-refractivity contribution < 1.29 is 9.59 Å². The van der Waals surface area contributed by atoms with Crippen LogP contribution in [-0.4, -0.2) is 29.5 Å². The molecule has 1 unspecified atom stereocenters. The van der Waals surface area contributed by atoms with Crippen LogP contribution in [0.2, 0.25) is 0 Å². The van der Waals surface area contributed by atoms with Gasteiger partial charge in [-0.05, 0) is 24.3 Å². The van der Waals surface area contributed by atoms with Gasteiger partial charge in [0.05, 0.1) is 6.04 Å². The van der Waals surface area contributed by atoms with Gasteiger partial charge in [-0.25, -0.2) is 0 Å². The Labute approximate surface area is 110 Å². The highest BCUT2D eigenvalue weighted by Crippen LogP contribution is 2.15. The lowest BCUT2D eigenvalue weighted by Crippen LogP contribution is -2.37. The van der Waals surface area contributed by atoms with E-state index in [4.69, 9.17) is 0 Å². The van der Waals surface area contributed by atoms with E-state index < -0.39 is 0 Å². The van der Waals surface area contributed by atoms with E-state index >= 15 is 0 Å². The lowest BCUT2D eigenvalue weighted by molar-refractivity contribution is -0.117. The van der Waals surface area contributed by atoms with Gasteiger partial charge in [-0.3, -0.25) is 14.9 Å². The number of hydrogen-bond acceptors (Lipinski definition) is 4. The van der Waals surface area contributed by atoms with Gasteiger partial charge in [0.15, 0.2) is 0 Å². The number of nitrogens with one attached hydrogen (secondary N) is 3. The Kier molecular flexibility index (Phi) is 4.22. The Balaban J connectivity index is 1.93. The third-order valence-electron chi connectivity index (χ3n) is 2.51. The fourth-order valence-corrected chi connectivity index (χ4v) is 2.57. The Morgan fingerprint density at radius 3 is 2.33 bits per heavy atom. The third-order valence-corrected chi connectivity index (χ3v) is 3.45. The smallest absolute Gasteiger partial charge is 0.242 e. The summed E-state index contributed by atoms with van der Waals surface area (Å²) in [6.45, 7) is 1.46. The SMILES string of the molecule is CC(=O)Nc1ccc(NC(=O)C2CSCN2)cc1. The molecule has 0 aromatic heterocycles. The average Bonchev–Trinajstić information content (AvgIpc) is 2.84. The topological polar surface area (TPSA) is 70.2 Å². The maximum atomic E-state index is 11.8. The zero-order chi connectivity index (χ0) is 13.0. The van der Waals surface area contributed by atoms with Gasteiger partial charge in [-0.1, -0.05) is 0 Å². The highest BCUT2D eigenvalue weighted by atomic mass is 32.2. The van der Waals surface area contributed by atoms with E-state index in [1.54, 1.807) is 36.0 Å². The molecule has 0 bridgehead atoms. The first-order valence-corrected chi connectivity index (χ1v) is 6.80. The summed E-state index contributed by atoms with van der Waals surface area (Å²) in [5.74, 6) is 1.49. The lowest BCUT2D eigenvalue weighted by atomic mass is 10.2. The summed E-state index contributed by atoms with van der Waals surface area (Å²) in [7, 11) is 0. The van der Waals surface area contributed by atoms with Gasteiger partial charge in [-0.15, -0.1) is 11.8 Å². The molecule has 0 radical (unpaired) electrons. The molecule has 1 atom stereocenters. The number of anilines is 2. The molecule has 1 heterocycles. The minimum absolute atomic E-state index is 0.0210. The highest BCUT2D eigenvalue weighted by molar-refractivity contribution is 7.99.